The van der Waals surface area contributed by atoms with Crippen LogP contribution in [0.25, 0.3) is 44.5 Å². The summed E-state index contributed by atoms with van der Waals surface area (Å²) in [7, 11) is 0. The Bertz CT molecular complexity index is 3010. The first-order valence-electron chi connectivity index (χ1n) is 23.3. The number of halogens is 1. The van der Waals surface area contributed by atoms with Gasteiger partial charge in [-0.3, -0.25) is 0 Å². The molecule has 316 valence electrons. The monoisotopic (exact) mass is 884 g/mol. The van der Waals surface area contributed by atoms with E-state index in [0.717, 1.165) is 10.9 Å². The minimum Gasteiger partial charge on any atom is -0.0613 e. The Morgan fingerprint density at radius 3 is 0.921 bits per heavy atom. The van der Waals surface area contributed by atoms with Crippen LogP contribution >= 0.6 is 15.9 Å². The summed E-state index contributed by atoms with van der Waals surface area (Å²) in [5.74, 6) is 0. The van der Waals surface area contributed by atoms with Gasteiger partial charge in [-0.25, -0.2) is 0 Å². The van der Waals surface area contributed by atoms with Crippen molar-refractivity contribution in [3.05, 3.63) is 198 Å². The van der Waals surface area contributed by atoms with Gasteiger partial charge in [0.1, 0.15) is 0 Å². The molecule has 63 heavy (non-hydrogen) atoms. The van der Waals surface area contributed by atoms with E-state index in [9.17, 15) is 0 Å². The van der Waals surface area contributed by atoms with Gasteiger partial charge in [0, 0.05) is 4.47 Å². The van der Waals surface area contributed by atoms with E-state index >= 15 is 0 Å². The molecule has 0 saturated carbocycles. The second-order valence-electron chi connectivity index (χ2n) is 23.4. The van der Waals surface area contributed by atoms with E-state index in [1.807, 2.05) is 0 Å². The van der Waals surface area contributed by atoms with E-state index in [4.69, 9.17) is 0 Å². The lowest BCUT2D eigenvalue weighted by Gasteiger charge is -2.34. The van der Waals surface area contributed by atoms with Gasteiger partial charge in [-0.1, -0.05) is 203 Å². The van der Waals surface area contributed by atoms with Crippen LogP contribution in [0.1, 0.15) is 162 Å². The molecule has 0 atom stereocenters. The molecule has 0 aliphatic heterocycles. The number of aryl methyl sites for hydroxylation is 1. The molecule has 11 rings (SSSR count). The minimum absolute atomic E-state index is 0.00515. The Morgan fingerprint density at radius 2 is 0.587 bits per heavy atom. The SMILES string of the molecule is CCc1ccc2c(c1)C1(c3cc(C(C)(C)C)ccc3-c3ccc(C(C)(C)C)cc31)c1cc3c(cc1-2)C1(c2cc(Br)ccc2-3)c2cc(C(C)(C)C)ccc2-c2ccc(C(C)(C)C)cc21. The van der Waals surface area contributed by atoms with Gasteiger partial charge in [0.15, 0.2) is 0 Å². The molecule has 0 heterocycles. The third-order valence-corrected chi connectivity index (χ3v) is 16.1. The number of benzene rings is 7. The van der Waals surface area contributed by atoms with E-state index < -0.39 is 10.8 Å². The number of hydrogen-bond donors (Lipinski definition) is 0. The van der Waals surface area contributed by atoms with Crippen molar-refractivity contribution >= 4 is 15.9 Å². The summed E-state index contributed by atoms with van der Waals surface area (Å²) in [5, 5.41) is 0. The molecular weight excluding hydrogens is 825 g/mol. The van der Waals surface area contributed by atoms with Gasteiger partial charge < -0.3 is 0 Å². The standard InChI is InChI=1S/C62H61Br/c1-14-35-15-21-45-47-33-56-48(34-55(47)61(49(45)27-35)50-28-36(57(2,3)4)16-22-41(50)42-23-17-37(29-51(42)61)58(5,6)7)46-26-20-40(63)32-54(46)62(56)52-30-38(59(8,9)10)18-24-43(52)44-25-19-39(31-53(44)62)60(11,12)13/h15-34H,14H2,1-13H3. The first-order valence-corrected chi connectivity index (χ1v) is 24.1. The van der Waals surface area contributed by atoms with Gasteiger partial charge in [0.05, 0.1) is 10.8 Å². The maximum absolute atomic E-state index is 4.03. The number of hydrogen-bond acceptors (Lipinski definition) is 0. The van der Waals surface area contributed by atoms with Crippen LogP contribution in [-0.2, 0) is 38.9 Å². The highest BCUT2D eigenvalue weighted by Crippen LogP contribution is 2.69. The van der Waals surface area contributed by atoms with Crippen molar-refractivity contribution in [1.29, 1.82) is 0 Å². The van der Waals surface area contributed by atoms with Gasteiger partial charge >= 0.3 is 0 Å². The Hall–Kier alpha value is -4.98. The van der Waals surface area contributed by atoms with Crippen LogP contribution < -0.4 is 0 Å². The van der Waals surface area contributed by atoms with Crippen LogP contribution in [0.15, 0.2) is 126 Å². The average molecular weight is 886 g/mol. The highest BCUT2D eigenvalue weighted by atomic mass is 79.9. The predicted molar refractivity (Wildman–Crippen MR) is 271 cm³/mol. The van der Waals surface area contributed by atoms with Crippen LogP contribution in [0, 0.1) is 0 Å². The molecule has 4 aliphatic carbocycles. The fourth-order valence-corrected chi connectivity index (χ4v) is 12.4. The zero-order chi connectivity index (χ0) is 44.6. The van der Waals surface area contributed by atoms with E-state index in [1.165, 1.54) is 117 Å². The molecule has 2 spiro atoms. The maximum Gasteiger partial charge on any atom is 0.0726 e. The molecule has 0 amide bonds. The first kappa shape index (κ1) is 40.8. The van der Waals surface area contributed by atoms with E-state index in [2.05, 4.69) is 227 Å². The molecule has 0 radical (unpaired) electrons. The molecule has 0 N–H and O–H groups in total. The van der Waals surface area contributed by atoms with Crippen molar-refractivity contribution in [3.63, 3.8) is 0 Å². The second kappa shape index (κ2) is 12.8. The number of fused-ring (bicyclic) bond motifs is 20. The molecule has 0 saturated heterocycles. The maximum atomic E-state index is 4.03. The van der Waals surface area contributed by atoms with Crippen LogP contribution in [-0.4, -0.2) is 0 Å². The predicted octanol–water partition coefficient (Wildman–Crippen LogP) is 16.9. The summed E-state index contributed by atoms with van der Waals surface area (Å²) in [6.45, 7) is 30.6. The Kier molecular flexibility index (Phi) is 8.31. The van der Waals surface area contributed by atoms with Gasteiger partial charge in [-0.2, -0.15) is 0 Å². The highest BCUT2D eigenvalue weighted by Gasteiger charge is 2.57. The van der Waals surface area contributed by atoms with Gasteiger partial charge in [-0.15, -0.1) is 0 Å². The summed E-state index contributed by atoms with van der Waals surface area (Å²) in [4.78, 5) is 0. The second-order valence-corrected chi connectivity index (χ2v) is 24.3. The molecule has 4 aliphatic rings. The van der Waals surface area contributed by atoms with Crippen molar-refractivity contribution in [2.75, 3.05) is 0 Å². The Morgan fingerprint density at radius 1 is 0.317 bits per heavy atom. The quantitative estimate of drug-likeness (QED) is 0.154. The van der Waals surface area contributed by atoms with Crippen LogP contribution in [0.5, 0.6) is 0 Å². The van der Waals surface area contributed by atoms with E-state index in [-0.39, 0.29) is 21.7 Å². The topological polar surface area (TPSA) is 0 Å². The zero-order valence-corrected chi connectivity index (χ0v) is 41.2. The summed E-state index contributed by atoms with van der Waals surface area (Å²) < 4.78 is 1.12. The molecule has 0 bridgehead atoms. The lowest BCUT2D eigenvalue weighted by atomic mass is 9.67. The average Bonchev–Trinajstić information content (AvgIpc) is 3.88. The largest absolute Gasteiger partial charge is 0.0726 e. The molecule has 0 unspecified atom stereocenters. The van der Waals surface area contributed by atoms with Gasteiger partial charge in [-0.05, 0) is 169 Å². The summed E-state index contributed by atoms with van der Waals surface area (Å²) in [6, 6.07) is 49.6. The molecule has 1 heteroatoms. The zero-order valence-electron chi connectivity index (χ0n) is 39.6. The Labute approximate surface area is 385 Å². The molecule has 7 aromatic carbocycles. The van der Waals surface area contributed by atoms with Gasteiger partial charge in [0.2, 0.25) is 0 Å². The summed E-state index contributed by atoms with van der Waals surface area (Å²) in [5.41, 5.74) is 28.0. The molecular formula is C62H61Br. The molecule has 0 aromatic heterocycles. The first-order chi connectivity index (χ1) is 29.6. The normalized spacial score (nSPS) is 15.8. The molecule has 0 fully saturated rings. The van der Waals surface area contributed by atoms with Crippen molar-refractivity contribution in [2.45, 2.75) is 129 Å². The fraction of sp³-hybridized carbons (Fsp3) is 0.323. The van der Waals surface area contributed by atoms with Crippen molar-refractivity contribution in [1.82, 2.24) is 0 Å². The lowest BCUT2D eigenvalue weighted by molar-refractivity contribution is 0.586. The third kappa shape index (κ3) is 5.39. The van der Waals surface area contributed by atoms with Crippen LogP contribution in [0.4, 0.5) is 0 Å². The van der Waals surface area contributed by atoms with E-state index in [1.54, 1.807) is 0 Å². The number of rotatable bonds is 1. The fourth-order valence-electron chi connectivity index (χ4n) is 12.0. The Balaban J connectivity index is 1.32. The van der Waals surface area contributed by atoms with Crippen LogP contribution in [0.3, 0.4) is 0 Å². The third-order valence-electron chi connectivity index (χ3n) is 15.6. The minimum atomic E-state index is -0.500. The van der Waals surface area contributed by atoms with Crippen molar-refractivity contribution in [3.8, 4) is 44.5 Å². The van der Waals surface area contributed by atoms with E-state index in [0.29, 0.717) is 0 Å². The summed E-state index contributed by atoms with van der Waals surface area (Å²) in [6.07, 6.45) is 0.991. The highest BCUT2D eigenvalue weighted by molar-refractivity contribution is 9.10. The van der Waals surface area contributed by atoms with Crippen LogP contribution in [0.2, 0.25) is 0 Å². The smallest absolute Gasteiger partial charge is 0.0613 e. The lowest BCUT2D eigenvalue weighted by Crippen LogP contribution is -2.29. The summed E-state index contributed by atoms with van der Waals surface area (Å²) >= 11 is 4.03. The van der Waals surface area contributed by atoms with Crippen molar-refractivity contribution < 1.29 is 0 Å². The molecule has 0 nitrogen and oxygen atoms in total. The molecule has 7 aromatic rings. The van der Waals surface area contributed by atoms with Crippen molar-refractivity contribution in [2.24, 2.45) is 0 Å². The van der Waals surface area contributed by atoms with Gasteiger partial charge in [0.25, 0.3) is 0 Å².